The molecule has 2 heterocycles. The minimum Gasteiger partial charge on any atom is -0.352 e. The summed E-state index contributed by atoms with van der Waals surface area (Å²) in [5, 5.41) is 5.90. The van der Waals surface area contributed by atoms with Crippen molar-refractivity contribution in [2.45, 2.75) is 0 Å². The molecule has 0 aliphatic rings. The molecule has 0 aliphatic heterocycles. The third-order valence-electron chi connectivity index (χ3n) is 3.27. The molecule has 25 heavy (non-hydrogen) atoms. The van der Waals surface area contributed by atoms with Crippen LogP contribution in [0.5, 0.6) is 0 Å². The molecule has 0 fully saturated rings. The molecule has 1 amide bonds. The molecule has 0 aliphatic carbocycles. The molecule has 8 heteroatoms. The molecule has 0 unspecified atom stereocenters. The lowest BCUT2D eigenvalue weighted by Gasteiger charge is -2.13. The molecule has 1 aromatic carbocycles. The van der Waals surface area contributed by atoms with Crippen LogP contribution in [0.15, 0.2) is 59.7 Å². The van der Waals surface area contributed by atoms with E-state index in [-0.39, 0.29) is 16.3 Å². The first kappa shape index (κ1) is 16.7. The smallest absolute Gasteiger partial charge is 0.255 e. The zero-order valence-electron chi connectivity index (χ0n) is 12.7. The van der Waals surface area contributed by atoms with Crippen molar-refractivity contribution in [2.75, 3.05) is 10.6 Å². The van der Waals surface area contributed by atoms with Gasteiger partial charge in [-0.15, -0.1) is 0 Å². The molecule has 2 aromatic heterocycles. The highest BCUT2D eigenvalue weighted by Crippen LogP contribution is 2.27. The van der Waals surface area contributed by atoms with Gasteiger partial charge < -0.3 is 15.6 Å². The van der Waals surface area contributed by atoms with Gasteiger partial charge in [0.05, 0.1) is 23.3 Å². The highest BCUT2D eigenvalue weighted by Gasteiger charge is 2.11. The van der Waals surface area contributed by atoms with Gasteiger partial charge in [0.25, 0.3) is 5.91 Å². The Morgan fingerprint density at radius 2 is 2.00 bits per heavy atom. The number of aromatic amines is 1. The number of aromatic nitrogens is 2. The standard InChI is InChI=1S/C17H12ClFN4O2/c18-15-7-13(22-12-4-5-16(24)21-8-12)14(9-20-15)23-17(25)10-2-1-3-11(19)6-10/h1-9H,(H,20,22)(H,21,24)(H,23,25). The zero-order valence-corrected chi connectivity index (χ0v) is 13.5. The molecule has 6 nitrogen and oxygen atoms in total. The number of pyridine rings is 2. The number of hydrogen-bond donors (Lipinski definition) is 3. The van der Waals surface area contributed by atoms with Crippen LogP contribution < -0.4 is 16.2 Å². The normalized spacial score (nSPS) is 10.3. The topological polar surface area (TPSA) is 86.9 Å². The molecule has 3 aromatic rings. The average Bonchev–Trinajstić information content (AvgIpc) is 2.59. The fourth-order valence-electron chi connectivity index (χ4n) is 2.10. The van der Waals surface area contributed by atoms with Gasteiger partial charge in [0, 0.05) is 23.9 Å². The molecule has 0 saturated heterocycles. The Kier molecular flexibility index (Phi) is 4.76. The molecular weight excluding hydrogens is 347 g/mol. The van der Waals surface area contributed by atoms with Crippen molar-refractivity contribution in [2.24, 2.45) is 0 Å². The highest BCUT2D eigenvalue weighted by molar-refractivity contribution is 6.29. The monoisotopic (exact) mass is 358 g/mol. The number of nitrogens with one attached hydrogen (secondary N) is 3. The second kappa shape index (κ2) is 7.14. The fraction of sp³-hybridized carbons (Fsp3) is 0. The largest absolute Gasteiger partial charge is 0.352 e. The lowest BCUT2D eigenvalue weighted by Crippen LogP contribution is -2.13. The summed E-state index contributed by atoms with van der Waals surface area (Å²) in [5.74, 6) is -0.999. The summed E-state index contributed by atoms with van der Waals surface area (Å²) in [6.07, 6.45) is 2.86. The third kappa shape index (κ3) is 4.21. The first-order valence-corrected chi connectivity index (χ1v) is 7.57. The number of anilines is 3. The van der Waals surface area contributed by atoms with Crippen LogP contribution in [-0.2, 0) is 0 Å². The Morgan fingerprint density at radius 1 is 1.16 bits per heavy atom. The molecule has 0 radical (unpaired) electrons. The van der Waals surface area contributed by atoms with Crippen molar-refractivity contribution in [3.8, 4) is 0 Å². The molecule has 3 N–H and O–H groups in total. The molecular formula is C17H12ClFN4O2. The van der Waals surface area contributed by atoms with Gasteiger partial charge in [0.15, 0.2) is 0 Å². The molecule has 0 spiro atoms. The summed E-state index contributed by atoms with van der Waals surface area (Å²) in [5.41, 5.74) is 1.34. The Bertz CT molecular complexity index is 970. The van der Waals surface area contributed by atoms with Gasteiger partial charge in [0.2, 0.25) is 5.56 Å². The lowest BCUT2D eigenvalue weighted by molar-refractivity contribution is 0.102. The van der Waals surface area contributed by atoms with E-state index in [1.807, 2.05) is 0 Å². The molecule has 0 bridgehead atoms. The summed E-state index contributed by atoms with van der Waals surface area (Å²) in [7, 11) is 0. The Hall–Kier alpha value is -3.19. The van der Waals surface area contributed by atoms with Crippen LogP contribution in [0.1, 0.15) is 10.4 Å². The van der Waals surface area contributed by atoms with Gasteiger partial charge >= 0.3 is 0 Å². The number of halogens is 2. The summed E-state index contributed by atoms with van der Waals surface area (Å²) in [6.45, 7) is 0. The SMILES string of the molecule is O=C(Nc1cnc(Cl)cc1Nc1ccc(=O)[nH]c1)c1cccc(F)c1. The minimum absolute atomic E-state index is 0.171. The Labute approximate surface area is 146 Å². The maximum absolute atomic E-state index is 13.3. The number of rotatable bonds is 4. The lowest BCUT2D eigenvalue weighted by atomic mass is 10.2. The van der Waals surface area contributed by atoms with E-state index < -0.39 is 11.7 Å². The van der Waals surface area contributed by atoms with E-state index in [4.69, 9.17) is 11.6 Å². The van der Waals surface area contributed by atoms with Crippen LogP contribution in [-0.4, -0.2) is 15.9 Å². The van der Waals surface area contributed by atoms with E-state index in [2.05, 4.69) is 20.6 Å². The zero-order chi connectivity index (χ0) is 17.8. The number of H-pyrrole nitrogens is 1. The molecule has 126 valence electrons. The van der Waals surface area contributed by atoms with Crippen molar-refractivity contribution in [1.29, 1.82) is 0 Å². The first-order chi connectivity index (χ1) is 12.0. The summed E-state index contributed by atoms with van der Waals surface area (Å²) in [4.78, 5) is 29.9. The summed E-state index contributed by atoms with van der Waals surface area (Å²) in [6, 6.07) is 9.79. The van der Waals surface area contributed by atoms with Crippen molar-refractivity contribution in [1.82, 2.24) is 9.97 Å². The molecule has 3 rings (SSSR count). The van der Waals surface area contributed by atoms with Crippen molar-refractivity contribution >= 4 is 34.6 Å². The average molecular weight is 359 g/mol. The number of amides is 1. The second-order valence-corrected chi connectivity index (χ2v) is 5.47. The minimum atomic E-state index is -0.506. The van der Waals surface area contributed by atoms with Gasteiger partial charge in [-0.05, 0) is 24.3 Å². The fourth-order valence-corrected chi connectivity index (χ4v) is 2.26. The van der Waals surface area contributed by atoms with E-state index in [0.717, 1.165) is 6.07 Å². The van der Waals surface area contributed by atoms with E-state index in [1.54, 1.807) is 6.07 Å². The number of nitrogens with zero attached hydrogens (tertiary/aromatic N) is 1. The van der Waals surface area contributed by atoms with Crippen LogP contribution >= 0.6 is 11.6 Å². The summed E-state index contributed by atoms with van der Waals surface area (Å²) >= 11 is 5.91. The van der Waals surface area contributed by atoms with Crippen molar-refractivity contribution < 1.29 is 9.18 Å². The first-order valence-electron chi connectivity index (χ1n) is 7.19. The number of benzene rings is 1. The van der Waals surface area contributed by atoms with Crippen LogP contribution in [0.25, 0.3) is 0 Å². The van der Waals surface area contributed by atoms with Crippen molar-refractivity contribution in [3.63, 3.8) is 0 Å². The highest BCUT2D eigenvalue weighted by atomic mass is 35.5. The van der Waals surface area contributed by atoms with E-state index in [0.29, 0.717) is 17.1 Å². The van der Waals surface area contributed by atoms with Gasteiger partial charge in [-0.2, -0.15) is 0 Å². The van der Waals surface area contributed by atoms with Gasteiger partial charge in [-0.3, -0.25) is 9.59 Å². The second-order valence-electron chi connectivity index (χ2n) is 5.08. The van der Waals surface area contributed by atoms with E-state index in [9.17, 15) is 14.0 Å². The Morgan fingerprint density at radius 3 is 2.72 bits per heavy atom. The van der Waals surface area contributed by atoms with E-state index >= 15 is 0 Å². The maximum atomic E-state index is 13.3. The number of carbonyl (C=O) groups excluding carboxylic acids is 1. The molecule has 0 saturated carbocycles. The van der Waals surface area contributed by atoms with Crippen LogP contribution in [0.2, 0.25) is 5.15 Å². The van der Waals surface area contributed by atoms with Crippen LogP contribution in [0.4, 0.5) is 21.5 Å². The van der Waals surface area contributed by atoms with Gasteiger partial charge in [0.1, 0.15) is 11.0 Å². The van der Waals surface area contributed by atoms with Crippen LogP contribution in [0.3, 0.4) is 0 Å². The third-order valence-corrected chi connectivity index (χ3v) is 3.48. The van der Waals surface area contributed by atoms with Gasteiger partial charge in [-0.1, -0.05) is 17.7 Å². The van der Waals surface area contributed by atoms with Crippen molar-refractivity contribution in [3.05, 3.63) is 81.7 Å². The number of hydrogen-bond acceptors (Lipinski definition) is 4. The predicted molar refractivity (Wildman–Crippen MR) is 93.9 cm³/mol. The van der Waals surface area contributed by atoms with Crippen LogP contribution in [0, 0.1) is 5.82 Å². The Balaban J connectivity index is 1.87. The van der Waals surface area contributed by atoms with Gasteiger partial charge in [-0.25, -0.2) is 9.37 Å². The predicted octanol–water partition coefficient (Wildman–Crippen LogP) is 3.56. The van der Waals surface area contributed by atoms with E-state index in [1.165, 1.54) is 42.7 Å². The molecule has 0 atom stereocenters. The summed E-state index contributed by atoms with van der Waals surface area (Å²) < 4.78 is 13.3. The maximum Gasteiger partial charge on any atom is 0.255 e. The quantitative estimate of drug-likeness (QED) is 0.622. The number of carbonyl (C=O) groups is 1.